The summed E-state index contributed by atoms with van der Waals surface area (Å²) in [4.78, 5) is 10.7. The van der Waals surface area contributed by atoms with Crippen molar-refractivity contribution in [3.05, 3.63) is 0 Å². The summed E-state index contributed by atoms with van der Waals surface area (Å²) in [7, 11) is 0. The maximum Gasteiger partial charge on any atom is 0.333 e. The molecule has 0 bridgehead atoms. The van der Waals surface area contributed by atoms with E-state index in [1.165, 1.54) is 0 Å². The van der Waals surface area contributed by atoms with Gasteiger partial charge in [-0.2, -0.15) is 0 Å². The Morgan fingerprint density at radius 3 is 2.50 bits per heavy atom. The highest BCUT2D eigenvalue weighted by Gasteiger charge is 2.45. The first-order valence-corrected chi connectivity index (χ1v) is 4.90. The molecule has 0 aliphatic carbocycles. The summed E-state index contributed by atoms with van der Waals surface area (Å²) in [6.45, 7) is 6.14. The van der Waals surface area contributed by atoms with Gasteiger partial charge in [0.05, 0.1) is 6.10 Å². The normalized spacial score (nSPS) is 30.3. The van der Waals surface area contributed by atoms with Gasteiger partial charge in [0.25, 0.3) is 0 Å². The molecule has 3 unspecified atom stereocenters. The molecule has 4 nitrogen and oxygen atoms in total. The minimum absolute atomic E-state index is 0.0269. The molecular weight excluding hydrogens is 184 g/mol. The number of ether oxygens (including phenoxy) is 1. The van der Waals surface area contributed by atoms with Crippen LogP contribution in [0.4, 0.5) is 0 Å². The first kappa shape index (κ1) is 11.5. The summed E-state index contributed by atoms with van der Waals surface area (Å²) in [5.41, 5.74) is -0.637. The second kappa shape index (κ2) is 3.87. The number of hydrogen-bond acceptors (Lipinski definition) is 3. The molecule has 0 spiro atoms. The van der Waals surface area contributed by atoms with Crippen LogP contribution in [0, 0.1) is 11.3 Å². The minimum Gasteiger partial charge on any atom is -0.479 e. The number of carbonyl (C=O) groups is 1. The van der Waals surface area contributed by atoms with Gasteiger partial charge in [0, 0.05) is 12.0 Å². The largest absolute Gasteiger partial charge is 0.479 e. The van der Waals surface area contributed by atoms with Crippen molar-refractivity contribution in [3.8, 4) is 0 Å². The number of carboxylic acids is 1. The summed E-state index contributed by atoms with van der Waals surface area (Å²) in [5.74, 6) is -1.05. The Balaban J connectivity index is 2.77. The van der Waals surface area contributed by atoms with Crippen molar-refractivity contribution < 1.29 is 19.7 Å². The number of aliphatic hydroxyl groups is 1. The van der Waals surface area contributed by atoms with Crippen molar-refractivity contribution in [1.29, 1.82) is 0 Å². The lowest BCUT2D eigenvalue weighted by molar-refractivity contribution is -0.156. The molecule has 0 aromatic carbocycles. The monoisotopic (exact) mass is 202 g/mol. The molecule has 0 aromatic rings. The molecule has 4 heteroatoms. The highest BCUT2D eigenvalue weighted by Crippen LogP contribution is 2.39. The van der Waals surface area contributed by atoms with Crippen LogP contribution >= 0.6 is 0 Å². The zero-order valence-corrected chi connectivity index (χ0v) is 8.86. The molecule has 1 rings (SSSR count). The van der Waals surface area contributed by atoms with Crippen LogP contribution in [0.1, 0.15) is 27.2 Å². The highest BCUT2D eigenvalue weighted by atomic mass is 16.5. The average Bonchev–Trinajstić information content (AvgIpc) is 2.50. The Morgan fingerprint density at radius 1 is 1.57 bits per heavy atom. The summed E-state index contributed by atoms with van der Waals surface area (Å²) < 4.78 is 5.38. The lowest BCUT2D eigenvalue weighted by atomic mass is 9.71. The lowest BCUT2D eigenvalue weighted by Gasteiger charge is -2.35. The van der Waals surface area contributed by atoms with Crippen LogP contribution in [0.5, 0.6) is 0 Å². The molecule has 1 aliphatic heterocycles. The quantitative estimate of drug-likeness (QED) is 0.713. The van der Waals surface area contributed by atoms with Crippen molar-refractivity contribution in [2.45, 2.75) is 39.4 Å². The predicted molar refractivity (Wildman–Crippen MR) is 50.9 cm³/mol. The molecule has 1 saturated heterocycles. The second-order valence-corrected chi connectivity index (χ2v) is 4.53. The van der Waals surface area contributed by atoms with E-state index in [1.54, 1.807) is 13.8 Å². The van der Waals surface area contributed by atoms with Crippen LogP contribution in [-0.4, -0.2) is 35.0 Å². The number of aliphatic carboxylic acids is 1. The van der Waals surface area contributed by atoms with Gasteiger partial charge in [-0.05, 0) is 19.3 Å². The van der Waals surface area contributed by atoms with Gasteiger partial charge >= 0.3 is 5.97 Å². The molecule has 0 saturated carbocycles. The Bertz CT molecular complexity index is 224. The summed E-state index contributed by atoms with van der Waals surface area (Å²) >= 11 is 0. The topological polar surface area (TPSA) is 66.8 Å². The van der Waals surface area contributed by atoms with Gasteiger partial charge in [-0.15, -0.1) is 0 Å². The van der Waals surface area contributed by atoms with Crippen LogP contribution < -0.4 is 0 Å². The Kier molecular flexibility index (Phi) is 3.17. The van der Waals surface area contributed by atoms with Crippen LogP contribution in [0.2, 0.25) is 0 Å². The van der Waals surface area contributed by atoms with Gasteiger partial charge < -0.3 is 14.9 Å². The van der Waals surface area contributed by atoms with E-state index in [2.05, 4.69) is 0 Å². The van der Waals surface area contributed by atoms with Crippen LogP contribution in [-0.2, 0) is 9.53 Å². The zero-order chi connectivity index (χ0) is 10.9. The first-order valence-electron chi connectivity index (χ1n) is 4.90. The van der Waals surface area contributed by atoms with Gasteiger partial charge in [0.15, 0.2) is 6.10 Å². The van der Waals surface area contributed by atoms with Crippen molar-refractivity contribution in [1.82, 2.24) is 0 Å². The summed E-state index contributed by atoms with van der Waals surface area (Å²) in [5, 5.41) is 18.4. The van der Waals surface area contributed by atoms with Crippen molar-refractivity contribution in [2.75, 3.05) is 6.61 Å². The molecule has 0 aromatic heterocycles. The standard InChI is InChI=1S/C10H18O4/c1-6-7(4-5-14-6)10(2,3)8(11)9(12)13/h6-8,11H,4-5H2,1-3H3,(H,12,13). The third-order valence-corrected chi connectivity index (χ3v) is 3.27. The van der Waals surface area contributed by atoms with Gasteiger partial charge in [-0.1, -0.05) is 13.8 Å². The van der Waals surface area contributed by atoms with E-state index in [-0.39, 0.29) is 12.0 Å². The van der Waals surface area contributed by atoms with Crippen LogP contribution in [0.25, 0.3) is 0 Å². The molecule has 0 amide bonds. The average molecular weight is 202 g/mol. The SMILES string of the molecule is CC1OCCC1C(C)(C)C(O)C(=O)O. The molecule has 2 N–H and O–H groups in total. The summed E-state index contributed by atoms with van der Waals surface area (Å²) in [6, 6.07) is 0. The Morgan fingerprint density at radius 2 is 2.14 bits per heavy atom. The van der Waals surface area contributed by atoms with Crippen LogP contribution in [0.15, 0.2) is 0 Å². The maximum absolute atomic E-state index is 10.7. The molecular formula is C10H18O4. The Labute approximate surface area is 83.9 Å². The third-order valence-electron chi connectivity index (χ3n) is 3.27. The van der Waals surface area contributed by atoms with Gasteiger partial charge in [-0.3, -0.25) is 0 Å². The molecule has 14 heavy (non-hydrogen) atoms. The smallest absolute Gasteiger partial charge is 0.333 e. The van der Waals surface area contributed by atoms with E-state index in [9.17, 15) is 9.90 Å². The molecule has 1 fully saturated rings. The van der Waals surface area contributed by atoms with E-state index in [0.29, 0.717) is 6.61 Å². The molecule has 82 valence electrons. The van der Waals surface area contributed by atoms with Crippen molar-refractivity contribution in [3.63, 3.8) is 0 Å². The van der Waals surface area contributed by atoms with E-state index < -0.39 is 17.5 Å². The fourth-order valence-corrected chi connectivity index (χ4v) is 2.23. The van der Waals surface area contributed by atoms with E-state index in [0.717, 1.165) is 6.42 Å². The van der Waals surface area contributed by atoms with Gasteiger partial charge in [0.1, 0.15) is 0 Å². The number of carboxylic acid groups (broad SMARTS) is 1. The molecule has 3 atom stereocenters. The maximum atomic E-state index is 10.7. The number of aliphatic hydroxyl groups excluding tert-OH is 1. The van der Waals surface area contributed by atoms with E-state index in [1.807, 2.05) is 6.92 Å². The van der Waals surface area contributed by atoms with Crippen molar-refractivity contribution >= 4 is 5.97 Å². The zero-order valence-electron chi connectivity index (χ0n) is 8.86. The minimum atomic E-state index is -1.32. The van der Waals surface area contributed by atoms with Crippen molar-refractivity contribution in [2.24, 2.45) is 11.3 Å². The lowest BCUT2D eigenvalue weighted by Crippen LogP contribution is -2.44. The number of hydrogen-bond donors (Lipinski definition) is 2. The fraction of sp³-hybridized carbons (Fsp3) is 0.900. The second-order valence-electron chi connectivity index (χ2n) is 4.53. The Hall–Kier alpha value is -0.610. The van der Waals surface area contributed by atoms with Crippen LogP contribution in [0.3, 0.4) is 0 Å². The molecule has 0 radical (unpaired) electrons. The molecule has 1 heterocycles. The van der Waals surface area contributed by atoms with E-state index >= 15 is 0 Å². The third kappa shape index (κ3) is 1.91. The predicted octanol–water partition coefficient (Wildman–Crippen LogP) is 0.883. The first-order chi connectivity index (χ1) is 6.37. The van der Waals surface area contributed by atoms with E-state index in [4.69, 9.17) is 9.84 Å². The molecule has 1 aliphatic rings. The van der Waals surface area contributed by atoms with Gasteiger partial charge in [0.2, 0.25) is 0 Å². The summed E-state index contributed by atoms with van der Waals surface area (Å²) in [6.07, 6.45) is -0.478. The highest BCUT2D eigenvalue weighted by molar-refractivity contribution is 5.73. The fourth-order valence-electron chi connectivity index (χ4n) is 2.23. The van der Waals surface area contributed by atoms with Gasteiger partial charge in [-0.25, -0.2) is 4.79 Å². The number of rotatable bonds is 3.